The fourth-order valence-corrected chi connectivity index (χ4v) is 3.75. The van der Waals surface area contributed by atoms with Gasteiger partial charge in [-0.15, -0.1) is 5.10 Å². The van der Waals surface area contributed by atoms with Gasteiger partial charge >= 0.3 is 0 Å². The summed E-state index contributed by atoms with van der Waals surface area (Å²) in [5.41, 5.74) is 9.91. The maximum atomic E-state index is 12.7. The van der Waals surface area contributed by atoms with Crippen molar-refractivity contribution in [3.8, 4) is 28.7 Å². The molecule has 10 nitrogen and oxygen atoms in total. The number of nitrogens with zero attached hydrogens (tertiary/aromatic N) is 5. The van der Waals surface area contributed by atoms with Crippen LogP contribution in [0.2, 0.25) is 0 Å². The van der Waals surface area contributed by atoms with E-state index in [0.717, 1.165) is 29.7 Å². The minimum Gasteiger partial charge on any atom is -0.497 e. The van der Waals surface area contributed by atoms with Crippen LogP contribution < -0.4 is 20.5 Å². The van der Waals surface area contributed by atoms with Gasteiger partial charge < -0.3 is 20.5 Å². The predicted octanol–water partition coefficient (Wildman–Crippen LogP) is 2.57. The molecule has 172 valence electrons. The maximum Gasteiger partial charge on any atom is 0.256 e. The van der Waals surface area contributed by atoms with Crippen LogP contribution >= 0.6 is 0 Å². The summed E-state index contributed by atoms with van der Waals surface area (Å²) in [7, 11) is 1.61. The van der Waals surface area contributed by atoms with Crippen LogP contribution in [0.5, 0.6) is 11.5 Å². The largest absolute Gasteiger partial charge is 0.497 e. The Hall–Kier alpha value is -4.47. The van der Waals surface area contributed by atoms with E-state index >= 15 is 0 Å². The van der Waals surface area contributed by atoms with E-state index in [1.807, 2.05) is 30.3 Å². The first-order valence-corrected chi connectivity index (χ1v) is 10.8. The zero-order valence-electron chi connectivity index (χ0n) is 18.6. The van der Waals surface area contributed by atoms with Crippen molar-refractivity contribution < 1.29 is 14.3 Å². The molecule has 4 aromatic rings. The molecule has 34 heavy (non-hydrogen) atoms. The smallest absolute Gasteiger partial charge is 0.256 e. The van der Waals surface area contributed by atoms with E-state index in [0.29, 0.717) is 30.6 Å². The van der Waals surface area contributed by atoms with Crippen molar-refractivity contribution in [3.05, 3.63) is 71.8 Å². The van der Waals surface area contributed by atoms with E-state index in [1.54, 1.807) is 31.9 Å². The van der Waals surface area contributed by atoms with Gasteiger partial charge in [0.2, 0.25) is 0 Å². The number of nitrogens with two attached hydrogens (primary N) is 1. The molecule has 0 aliphatic carbocycles. The Morgan fingerprint density at radius 3 is 2.94 bits per heavy atom. The molecule has 0 radical (unpaired) electrons. The number of ether oxygens (including phenoxy) is 2. The lowest BCUT2D eigenvalue weighted by Gasteiger charge is -2.20. The highest BCUT2D eigenvalue weighted by Gasteiger charge is 2.22. The van der Waals surface area contributed by atoms with Gasteiger partial charge in [-0.2, -0.15) is 0 Å². The maximum absolute atomic E-state index is 12.7. The average molecular weight is 457 g/mol. The van der Waals surface area contributed by atoms with Gasteiger partial charge in [0.15, 0.2) is 5.82 Å². The number of aromatic nitrogens is 5. The summed E-state index contributed by atoms with van der Waals surface area (Å²) in [5.74, 6) is 1.52. The third kappa shape index (κ3) is 4.25. The van der Waals surface area contributed by atoms with Gasteiger partial charge in [-0.1, -0.05) is 0 Å². The van der Waals surface area contributed by atoms with Crippen molar-refractivity contribution in [2.24, 2.45) is 0 Å². The minimum absolute atomic E-state index is 0.112. The molecule has 1 aromatic carbocycles. The van der Waals surface area contributed by atoms with Gasteiger partial charge in [0.1, 0.15) is 23.7 Å². The molecule has 4 heterocycles. The molecule has 5 rings (SSSR count). The Kier molecular flexibility index (Phi) is 5.77. The van der Waals surface area contributed by atoms with Gasteiger partial charge in [0, 0.05) is 48.5 Å². The van der Waals surface area contributed by atoms with Crippen LogP contribution in [0.15, 0.2) is 55.1 Å². The molecule has 1 aliphatic heterocycles. The van der Waals surface area contributed by atoms with Crippen LogP contribution in [-0.4, -0.2) is 44.3 Å². The average Bonchev–Trinajstić information content (AvgIpc) is 3.28. The lowest BCUT2D eigenvalue weighted by Crippen LogP contribution is -2.25. The third-order valence-electron chi connectivity index (χ3n) is 5.55. The second-order valence-corrected chi connectivity index (χ2v) is 7.78. The van der Waals surface area contributed by atoms with Crippen molar-refractivity contribution in [2.75, 3.05) is 19.4 Å². The van der Waals surface area contributed by atoms with Gasteiger partial charge in [-0.05, 0) is 42.7 Å². The van der Waals surface area contributed by atoms with Crippen molar-refractivity contribution in [1.82, 2.24) is 30.0 Å². The summed E-state index contributed by atoms with van der Waals surface area (Å²) in [6.07, 6.45) is 8.40. The number of carbonyl (C=O) groups excluding carboxylic acids is 1. The molecule has 3 N–H and O–H groups in total. The lowest BCUT2D eigenvalue weighted by atomic mass is 10.0. The molecule has 1 aliphatic rings. The third-order valence-corrected chi connectivity index (χ3v) is 5.55. The number of hydrogen-bond donors (Lipinski definition) is 2. The number of pyridine rings is 1. The zero-order chi connectivity index (χ0) is 23.5. The number of benzene rings is 1. The molecule has 10 heteroatoms. The molecule has 1 amide bonds. The van der Waals surface area contributed by atoms with Crippen molar-refractivity contribution in [3.63, 3.8) is 0 Å². The van der Waals surface area contributed by atoms with Gasteiger partial charge in [-0.3, -0.25) is 9.78 Å². The first kappa shape index (κ1) is 21.4. The van der Waals surface area contributed by atoms with Crippen molar-refractivity contribution in [1.29, 1.82) is 0 Å². The molecule has 0 atom stereocenters. The Morgan fingerprint density at radius 1 is 1.26 bits per heavy atom. The number of rotatable bonds is 7. The number of amides is 1. The molecule has 0 saturated carbocycles. The summed E-state index contributed by atoms with van der Waals surface area (Å²) in [4.78, 5) is 25.7. The zero-order valence-corrected chi connectivity index (χ0v) is 18.6. The molecule has 0 bridgehead atoms. The van der Waals surface area contributed by atoms with Crippen LogP contribution in [0.3, 0.4) is 0 Å². The molecular formula is C24H23N7O3. The molecule has 0 unspecified atom stereocenters. The molecule has 3 aromatic heterocycles. The number of nitrogens with one attached hydrogen (secondary N) is 1. The second kappa shape index (κ2) is 9.18. The Bertz CT molecular complexity index is 1340. The highest BCUT2D eigenvalue weighted by atomic mass is 16.5. The summed E-state index contributed by atoms with van der Waals surface area (Å²) in [5, 5.41) is 7.15. The Balaban J connectivity index is 1.31. The first-order chi connectivity index (χ1) is 16.6. The van der Waals surface area contributed by atoms with E-state index in [-0.39, 0.29) is 17.3 Å². The number of hydrogen-bond acceptors (Lipinski definition) is 8. The normalized spacial score (nSPS) is 11.8. The van der Waals surface area contributed by atoms with E-state index in [2.05, 4.69) is 25.4 Å². The number of carbonyl (C=O) groups is 1. The molecule has 0 saturated heterocycles. The Morgan fingerprint density at radius 2 is 2.12 bits per heavy atom. The molecular weight excluding hydrogens is 434 g/mol. The number of anilines is 1. The fraction of sp³-hybridized carbons (Fsp3) is 0.208. The number of methoxy groups -OCH3 is 1. The monoisotopic (exact) mass is 457 g/mol. The second-order valence-electron chi connectivity index (χ2n) is 7.78. The molecule has 0 fully saturated rings. The first-order valence-electron chi connectivity index (χ1n) is 10.8. The summed E-state index contributed by atoms with van der Waals surface area (Å²) in [6, 6.07) is 9.49. The summed E-state index contributed by atoms with van der Waals surface area (Å²) < 4.78 is 12.5. The van der Waals surface area contributed by atoms with E-state index < -0.39 is 0 Å². The standard InChI is InChI=1S/C24H23N7O3/c1-33-17-4-5-18-20(11-17)34-14-16-12-28-24(29-21(16)18)31-13-19(22(25)30-31)23(32)27-8-2-3-15-6-9-26-10-7-15/h4-7,9-13H,2-3,8,14H2,1H3,(H2,25,30)(H,27,32). The minimum atomic E-state index is -0.290. The van der Waals surface area contributed by atoms with E-state index in [9.17, 15) is 4.79 Å². The van der Waals surface area contributed by atoms with Crippen LogP contribution in [0.4, 0.5) is 5.82 Å². The lowest BCUT2D eigenvalue weighted by molar-refractivity contribution is 0.0954. The van der Waals surface area contributed by atoms with Gasteiger partial charge in [0.05, 0.1) is 12.8 Å². The quantitative estimate of drug-likeness (QED) is 0.405. The summed E-state index contributed by atoms with van der Waals surface area (Å²) >= 11 is 0. The highest BCUT2D eigenvalue weighted by molar-refractivity contribution is 5.98. The van der Waals surface area contributed by atoms with Crippen LogP contribution in [0.1, 0.15) is 27.9 Å². The SMILES string of the molecule is COc1ccc2c(c1)OCc1cnc(-n3cc(C(=O)NCCCc4ccncc4)c(N)n3)nc1-2. The van der Waals surface area contributed by atoms with Gasteiger partial charge in [-0.25, -0.2) is 14.6 Å². The highest BCUT2D eigenvalue weighted by Crippen LogP contribution is 2.38. The molecule has 0 spiro atoms. The summed E-state index contributed by atoms with van der Waals surface area (Å²) in [6.45, 7) is 0.867. The van der Waals surface area contributed by atoms with E-state index in [4.69, 9.17) is 15.2 Å². The predicted molar refractivity (Wildman–Crippen MR) is 125 cm³/mol. The van der Waals surface area contributed by atoms with Crippen molar-refractivity contribution >= 4 is 11.7 Å². The Labute approximate surface area is 195 Å². The van der Waals surface area contributed by atoms with E-state index in [1.165, 1.54) is 10.2 Å². The van der Waals surface area contributed by atoms with Gasteiger partial charge in [0.25, 0.3) is 11.9 Å². The van der Waals surface area contributed by atoms with Crippen LogP contribution in [0.25, 0.3) is 17.2 Å². The fourth-order valence-electron chi connectivity index (χ4n) is 3.75. The number of aryl methyl sites for hydroxylation is 1. The van der Waals surface area contributed by atoms with Crippen molar-refractivity contribution in [2.45, 2.75) is 19.4 Å². The van der Waals surface area contributed by atoms with Crippen LogP contribution in [-0.2, 0) is 13.0 Å². The number of fused-ring (bicyclic) bond motifs is 3. The van der Waals surface area contributed by atoms with Crippen LogP contribution in [0, 0.1) is 0 Å². The number of nitrogen functional groups attached to an aromatic ring is 1. The topological polar surface area (TPSA) is 130 Å².